The second-order valence-electron chi connectivity index (χ2n) is 4.29. The molecule has 1 rings (SSSR count). The topological polar surface area (TPSA) is 58.2 Å². The Morgan fingerprint density at radius 2 is 1.82 bits per heavy atom. The molecule has 0 bridgehead atoms. The predicted molar refractivity (Wildman–Crippen MR) is 82.1 cm³/mol. The van der Waals surface area contributed by atoms with Crippen LogP contribution in [0.25, 0.3) is 0 Å². The molecule has 0 aromatic heterocycles. The van der Waals surface area contributed by atoms with E-state index in [-0.39, 0.29) is 19.0 Å². The van der Waals surface area contributed by atoms with Crippen LogP contribution in [0.3, 0.4) is 0 Å². The van der Waals surface area contributed by atoms with Gasteiger partial charge in [-0.25, -0.2) is 13.1 Å². The molecule has 0 heterocycles. The van der Waals surface area contributed by atoms with E-state index in [1.807, 2.05) is 6.92 Å². The number of benzene rings is 1. The summed E-state index contributed by atoms with van der Waals surface area (Å²) in [5.74, 6) is 0. The van der Waals surface area contributed by atoms with Gasteiger partial charge in [0.25, 0.3) is 0 Å². The van der Waals surface area contributed by atoms with Crippen molar-refractivity contribution in [2.24, 2.45) is 0 Å². The molecule has 0 atom stereocenters. The van der Waals surface area contributed by atoms with Crippen molar-refractivity contribution in [2.75, 3.05) is 19.6 Å². The number of halogens is 5. The zero-order chi connectivity index (χ0) is 16.1. The molecule has 0 radical (unpaired) electrons. The van der Waals surface area contributed by atoms with Crippen LogP contribution in [0.15, 0.2) is 23.1 Å². The van der Waals surface area contributed by atoms with E-state index >= 15 is 0 Å². The van der Waals surface area contributed by atoms with Crippen molar-refractivity contribution in [1.29, 1.82) is 0 Å². The highest BCUT2D eigenvalue weighted by Crippen LogP contribution is 2.35. The first-order valence-corrected chi connectivity index (χ1v) is 8.11. The van der Waals surface area contributed by atoms with Gasteiger partial charge in [-0.05, 0) is 31.2 Å². The molecule has 1 aromatic carbocycles. The summed E-state index contributed by atoms with van der Waals surface area (Å²) in [6.07, 6.45) is -3.80. The first kappa shape index (κ1) is 21.5. The van der Waals surface area contributed by atoms with Gasteiger partial charge in [0, 0.05) is 13.1 Å². The van der Waals surface area contributed by atoms with Crippen molar-refractivity contribution >= 4 is 34.0 Å². The van der Waals surface area contributed by atoms with Gasteiger partial charge in [0.05, 0.1) is 15.5 Å². The van der Waals surface area contributed by atoms with Crippen LogP contribution in [0.4, 0.5) is 13.2 Å². The highest BCUT2D eigenvalue weighted by molar-refractivity contribution is 7.89. The second-order valence-corrected chi connectivity index (χ2v) is 6.46. The maximum atomic E-state index is 12.7. The van der Waals surface area contributed by atoms with Crippen molar-refractivity contribution in [2.45, 2.75) is 24.4 Å². The molecule has 0 unspecified atom stereocenters. The van der Waals surface area contributed by atoms with Crippen molar-refractivity contribution < 1.29 is 21.6 Å². The Kier molecular flexibility index (Phi) is 8.71. The number of alkyl halides is 3. The van der Waals surface area contributed by atoms with Gasteiger partial charge in [-0.1, -0.05) is 18.5 Å². The van der Waals surface area contributed by atoms with Crippen LogP contribution in [0.5, 0.6) is 0 Å². The summed E-state index contributed by atoms with van der Waals surface area (Å²) in [4.78, 5) is -0.463. The van der Waals surface area contributed by atoms with E-state index < -0.39 is 31.7 Å². The largest absolute Gasteiger partial charge is 0.417 e. The standard InChI is InChI=1S/C12H16ClF3N2O2S.ClH/c1-2-5-17-6-7-18-21(19,20)9-3-4-11(13)10(8-9)12(14,15)16;/h3-4,8,17-18H,2,5-7H2,1H3;1H. The number of nitrogens with one attached hydrogen (secondary N) is 2. The zero-order valence-electron chi connectivity index (χ0n) is 11.7. The maximum Gasteiger partial charge on any atom is 0.417 e. The van der Waals surface area contributed by atoms with E-state index in [0.29, 0.717) is 12.6 Å². The summed E-state index contributed by atoms with van der Waals surface area (Å²) in [7, 11) is -4.00. The molecule has 22 heavy (non-hydrogen) atoms. The van der Waals surface area contributed by atoms with Crippen molar-refractivity contribution in [3.63, 3.8) is 0 Å². The van der Waals surface area contributed by atoms with Gasteiger partial charge in [-0.3, -0.25) is 0 Å². The highest BCUT2D eigenvalue weighted by atomic mass is 35.5. The second kappa shape index (κ2) is 8.93. The Labute approximate surface area is 138 Å². The van der Waals surface area contributed by atoms with Crippen LogP contribution >= 0.6 is 24.0 Å². The van der Waals surface area contributed by atoms with Crippen LogP contribution in [0.1, 0.15) is 18.9 Å². The van der Waals surface area contributed by atoms with E-state index in [2.05, 4.69) is 10.0 Å². The molecule has 0 saturated heterocycles. The van der Waals surface area contributed by atoms with E-state index in [1.165, 1.54) is 0 Å². The summed E-state index contributed by atoms with van der Waals surface area (Å²) in [6.45, 7) is 3.18. The molecule has 0 aliphatic rings. The van der Waals surface area contributed by atoms with Gasteiger partial charge in [-0.2, -0.15) is 13.2 Å². The summed E-state index contributed by atoms with van der Waals surface area (Å²) >= 11 is 5.45. The Bertz CT molecular complexity index is 580. The van der Waals surface area contributed by atoms with Gasteiger partial charge >= 0.3 is 6.18 Å². The Hall–Kier alpha value is -0.540. The smallest absolute Gasteiger partial charge is 0.315 e. The lowest BCUT2D eigenvalue weighted by Gasteiger charge is -2.12. The molecular weight excluding hydrogens is 364 g/mol. The van der Waals surface area contributed by atoms with Crippen molar-refractivity contribution in [3.8, 4) is 0 Å². The fraction of sp³-hybridized carbons (Fsp3) is 0.500. The van der Waals surface area contributed by atoms with Gasteiger partial charge in [0.15, 0.2) is 0 Å². The molecule has 1 aromatic rings. The third-order valence-corrected chi connectivity index (χ3v) is 4.36. The normalized spacial score (nSPS) is 12.0. The molecule has 128 valence electrons. The first-order chi connectivity index (χ1) is 9.68. The van der Waals surface area contributed by atoms with Gasteiger partial charge in [0.1, 0.15) is 0 Å². The third-order valence-electron chi connectivity index (χ3n) is 2.57. The van der Waals surface area contributed by atoms with Gasteiger partial charge < -0.3 is 5.32 Å². The minimum absolute atomic E-state index is 0. The van der Waals surface area contributed by atoms with Crippen LogP contribution in [-0.4, -0.2) is 28.1 Å². The monoisotopic (exact) mass is 380 g/mol. The molecule has 0 fully saturated rings. The average molecular weight is 381 g/mol. The number of sulfonamides is 1. The summed E-state index contributed by atoms with van der Waals surface area (Å²) in [5.41, 5.74) is -1.17. The predicted octanol–water partition coefficient (Wildman–Crippen LogP) is 3.06. The Morgan fingerprint density at radius 3 is 2.36 bits per heavy atom. The van der Waals surface area contributed by atoms with E-state index in [0.717, 1.165) is 25.1 Å². The summed E-state index contributed by atoms with van der Waals surface area (Å²) in [5, 5.41) is 2.44. The zero-order valence-corrected chi connectivity index (χ0v) is 14.1. The SMILES string of the molecule is CCCNCCNS(=O)(=O)c1ccc(Cl)c(C(F)(F)F)c1.Cl. The lowest BCUT2D eigenvalue weighted by molar-refractivity contribution is -0.137. The average Bonchev–Trinajstić information content (AvgIpc) is 2.37. The number of hydrogen-bond donors (Lipinski definition) is 2. The van der Waals surface area contributed by atoms with E-state index in [9.17, 15) is 21.6 Å². The maximum absolute atomic E-state index is 12.7. The van der Waals surface area contributed by atoms with E-state index in [1.54, 1.807) is 0 Å². The van der Waals surface area contributed by atoms with E-state index in [4.69, 9.17) is 11.6 Å². The lowest BCUT2D eigenvalue weighted by atomic mass is 10.2. The fourth-order valence-corrected chi connectivity index (χ4v) is 2.83. The minimum Gasteiger partial charge on any atom is -0.315 e. The van der Waals surface area contributed by atoms with Gasteiger partial charge in [-0.15, -0.1) is 12.4 Å². The van der Waals surface area contributed by atoms with Crippen molar-refractivity contribution in [3.05, 3.63) is 28.8 Å². The third kappa shape index (κ3) is 6.29. The molecule has 0 saturated carbocycles. The number of rotatable bonds is 7. The summed E-state index contributed by atoms with van der Waals surface area (Å²) < 4.78 is 64.1. The van der Waals surface area contributed by atoms with Crippen LogP contribution in [-0.2, 0) is 16.2 Å². The molecule has 10 heteroatoms. The van der Waals surface area contributed by atoms with Crippen LogP contribution in [0, 0.1) is 0 Å². The molecule has 4 nitrogen and oxygen atoms in total. The minimum atomic E-state index is -4.70. The number of hydrogen-bond acceptors (Lipinski definition) is 3. The fourth-order valence-electron chi connectivity index (χ4n) is 1.55. The molecule has 0 aliphatic carbocycles. The quantitative estimate of drug-likeness (QED) is 0.714. The Morgan fingerprint density at radius 1 is 1.18 bits per heavy atom. The Balaban J connectivity index is 0.00000441. The molecule has 0 amide bonds. The van der Waals surface area contributed by atoms with Crippen LogP contribution in [0.2, 0.25) is 5.02 Å². The van der Waals surface area contributed by atoms with Crippen LogP contribution < -0.4 is 10.0 Å². The van der Waals surface area contributed by atoms with Crippen molar-refractivity contribution in [1.82, 2.24) is 10.0 Å². The first-order valence-electron chi connectivity index (χ1n) is 6.25. The molecule has 0 spiro atoms. The summed E-state index contributed by atoms with van der Waals surface area (Å²) in [6, 6.07) is 2.50. The molecule has 0 aliphatic heterocycles. The molecule has 2 N–H and O–H groups in total. The lowest BCUT2D eigenvalue weighted by Crippen LogP contribution is -2.32. The highest BCUT2D eigenvalue weighted by Gasteiger charge is 2.34. The molecular formula is C12H17Cl2F3N2O2S. The van der Waals surface area contributed by atoms with Gasteiger partial charge in [0.2, 0.25) is 10.0 Å².